The molecule has 3 aromatic rings. The number of fused-ring (bicyclic) bond motifs is 3. The van der Waals surface area contributed by atoms with Crippen LogP contribution in [0, 0.1) is 5.82 Å². The van der Waals surface area contributed by atoms with Crippen molar-refractivity contribution in [1.82, 2.24) is 9.88 Å². The van der Waals surface area contributed by atoms with Crippen LogP contribution < -0.4 is 0 Å². The van der Waals surface area contributed by atoms with Crippen LogP contribution in [0.15, 0.2) is 36.4 Å². The molecule has 25 heavy (non-hydrogen) atoms. The molecule has 2 heterocycles. The van der Waals surface area contributed by atoms with Gasteiger partial charge in [-0.3, -0.25) is 4.79 Å². The van der Waals surface area contributed by atoms with Crippen molar-refractivity contribution in [2.45, 2.75) is 19.4 Å². The first-order chi connectivity index (χ1) is 12.0. The highest BCUT2D eigenvalue weighted by Crippen LogP contribution is 2.30. The lowest BCUT2D eigenvalue weighted by Crippen LogP contribution is -2.37. The molecule has 6 heteroatoms. The largest absolute Gasteiger partial charge is 0.358 e. The maximum atomic E-state index is 13.9. The summed E-state index contributed by atoms with van der Waals surface area (Å²) < 4.78 is 13.9. The quantitative estimate of drug-likeness (QED) is 0.688. The minimum Gasteiger partial charge on any atom is -0.358 e. The first kappa shape index (κ1) is 16.4. The van der Waals surface area contributed by atoms with Gasteiger partial charge in [-0.1, -0.05) is 29.3 Å². The first-order valence-electron chi connectivity index (χ1n) is 8.02. The van der Waals surface area contributed by atoms with Gasteiger partial charge < -0.3 is 9.88 Å². The lowest BCUT2D eigenvalue weighted by molar-refractivity contribution is -0.131. The molecule has 0 aliphatic carbocycles. The number of rotatable bonds is 2. The number of halogens is 3. The van der Waals surface area contributed by atoms with Gasteiger partial charge in [0.15, 0.2) is 0 Å². The molecule has 1 aliphatic heterocycles. The number of hydrogen-bond acceptors (Lipinski definition) is 1. The zero-order valence-electron chi connectivity index (χ0n) is 13.3. The third kappa shape index (κ3) is 3.00. The van der Waals surface area contributed by atoms with E-state index in [-0.39, 0.29) is 22.9 Å². The number of benzene rings is 2. The van der Waals surface area contributed by atoms with E-state index in [1.165, 1.54) is 12.1 Å². The standard InChI is InChI=1S/C19H15Cl2FN2O/c20-11-4-5-17-12(8-11)14-10-24(7-6-18(14)23-17)19(25)9-13-15(21)2-1-3-16(13)22/h1-5,8,23H,6-7,9-10H2. The molecule has 0 saturated heterocycles. The van der Waals surface area contributed by atoms with Crippen molar-refractivity contribution in [3.63, 3.8) is 0 Å². The average Bonchev–Trinajstić information content (AvgIpc) is 2.95. The molecule has 0 radical (unpaired) electrons. The summed E-state index contributed by atoms with van der Waals surface area (Å²) in [5.74, 6) is -0.577. The maximum Gasteiger partial charge on any atom is 0.227 e. The van der Waals surface area contributed by atoms with E-state index in [0.717, 1.165) is 28.6 Å². The van der Waals surface area contributed by atoms with E-state index in [9.17, 15) is 9.18 Å². The summed E-state index contributed by atoms with van der Waals surface area (Å²) in [5.41, 5.74) is 3.48. The molecule has 0 fully saturated rings. The second-order valence-corrected chi connectivity index (χ2v) is 7.06. The number of aromatic nitrogens is 1. The Kier molecular flexibility index (Phi) is 4.18. The van der Waals surface area contributed by atoms with Gasteiger partial charge in [0.1, 0.15) is 5.82 Å². The van der Waals surface area contributed by atoms with Crippen LogP contribution in [0.2, 0.25) is 10.0 Å². The SMILES string of the molecule is O=C(Cc1c(F)cccc1Cl)N1CCc2[nH]c3ccc(Cl)cc3c2C1. The summed E-state index contributed by atoms with van der Waals surface area (Å²) in [6.45, 7) is 1.08. The van der Waals surface area contributed by atoms with Gasteiger partial charge in [0, 0.05) is 57.3 Å². The fraction of sp³-hybridized carbons (Fsp3) is 0.211. The first-order valence-corrected chi connectivity index (χ1v) is 8.78. The molecular formula is C19H15Cl2FN2O. The Labute approximate surface area is 154 Å². The molecule has 0 saturated carbocycles. The van der Waals surface area contributed by atoms with Crippen LogP contribution in [-0.2, 0) is 24.2 Å². The lowest BCUT2D eigenvalue weighted by Gasteiger charge is -2.27. The topological polar surface area (TPSA) is 36.1 Å². The van der Waals surface area contributed by atoms with Crippen molar-refractivity contribution in [2.75, 3.05) is 6.54 Å². The third-order valence-electron chi connectivity index (χ3n) is 4.68. The molecule has 3 nitrogen and oxygen atoms in total. The number of nitrogens with zero attached hydrogens (tertiary/aromatic N) is 1. The van der Waals surface area contributed by atoms with Gasteiger partial charge in [0.2, 0.25) is 5.91 Å². The monoisotopic (exact) mass is 376 g/mol. The van der Waals surface area contributed by atoms with E-state index in [0.29, 0.717) is 18.1 Å². The van der Waals surface area contributed by atoms with Crippen molar-refractivity contribution < 1.29 is 9.18 Å². The van der Waals surface area contributed by atoms with E-state index in [1.54, 1.807) is 11.0 Å². The highest BCUT2D eigenvalue weighted by molar-refractivity contribution is 6.31. The summed E-state index contributed by atoms with van der Waals surface area (Å²) in [7, 11) is 0. The summed E-state index contributed by atoms with van der Waals surface area (Å²) in [6, 6.07) is 10.2. The minimum absolute atomic E-state index is 0.0377. The predicted octanol–water partition coefficient (Wildman–Crippen LogP) is 4.74. The van der Waals surface area contributed by atoms with E-state index in [1.807, 2.05) is 18.2 Å². The van der Waals surface area contributed by atoms with E-state index in [4.69, 9.17) is 23.2 Å². The van der Waals surface area contributed by atoms with Crippen LogP contribution in [0.5, 0.6) is 0 Å². The lowest BCUT2D eigenvalue weighted by atomic mass is 10.0. The Balaban J connectivity index is 1.60. The minimum atomic E-state index is -0.447. The molecule has 1 aliphatic rings. The number of hydrogen-bond donors (Lipinski definition) is 1. The van der Waals surface area contributed by atoms with Crippen LogP contribution in [0.3, 0.4) is 0 Å². The van der Waals surface area contributed by atoms with Crippen LogP contribution in [0.25, 0.3) is 10.9 Å². The van der Waals surface area contributed by atoms with Gasteiger partial charge in [-0.2, -0.15) is 0 Å². The van der Waals surface area contributed by atoms with Crippen LogP contribution in [0.4, 0.5) is 4.39 Å². The second-order valence-electron chi connectivity index (χ2n) is 6.21. The molecule has 1 N–H and O–H groups in total. The van der Waals surface area contributed by atoms with E-state index in [2.05, 4.69) is 4.98 Å². The highest BCUT2D eigenvalue weighted by atomic mass is 35.5. The normalized spacial score (nSPS) is 14.0. The summed E-state index contributed by atoms with van der Waals surface area (Å²) in [6.07, 6.45) is 0.697. The molecule has 0 atom stereocenters. The molecule has 4 rings (SSSR count). The fourth-order valence-corrected chi connectivity index (χ4v) is 3.77. The Morgan fingerprint density at radius 3 is 2.88 bits per heavy atom. The van der Waals surface area contributed by atoms with Crippen LogP contribution in [-0.4, -0.2) is 22.3 Å². The Morgan fingerprint density at radius 2 is 2.08 bits per heavy atom. The number of nitrogens with one attached hydrogen (secondary N) is 1. The van der Waals surface area contributed by atoms with E-state index < -0.39 is 5.82 Å². The van der Waals surface area contributed by atoms with Gasteiger partial charge in [0.25, 0.3) is 0 Å². The molecule has 2 aromatic carbocycles. The van der Waals surface area contributed by atoms with Crippen molar-refractivity contribution in [3.05, 3.63) is 69.1 Å². The molecule has 0 unspecified atom stereocenters. The van der Waals surface area contributed by atoms with Crippen LogP contribution >= 0.6 is 23.2 Å². The third-order valence-corrected chi connectivity index (χ3v) is 5.27. The number of amides is 1. The van der Waals surface area contributed by atoms with Gasteiger partial charge in [-0.05, 0) is 30.3 Å². The smallest absolute Gasteiger partial charge is 0.227 e. The summed E-state index contributed by atoms with van der Waals surface area (Å²) >= 11 is 12.1. The van der Waals surface area contributed by atoms with Gasteiger partial charge in [-0.15, -0.1) is 0 Å². The zero-order valence-corrected chi connectivity index (χ0v) is 14.8. The Hall–Kier alpha value is -2.04. The summed E-state index contributed by atoms with van der Waals surface area (Å²) in [4.78, 5) is 17.8. The van der Waals surface area contributed by atoms with Crippen molar-refractivity contribution >= 4 is 40.0 Å². The molecule has 0 bridgehead atoms. The molecular weight excluding hydrogens is 362 g/mol. The van der Waals surface area contributed by atoms with Crippen molar-refractivity contribution in [2.24, 2.45) is 0 Å². The number of carbonyl (C=O) groups excluding carboxylic acids is 1. The Morgan fingerprint density at radius 1 is 1.24 bits per heavy atom. The average molecular weight is 377 g/mol. The fourth-order valence-electron chi connectivity index (χ4n) is 3.36. The van der Waals surface area contributed by atoms with Gasteiger partial charge in [0.05, 0.1) is 6.42 Å². The second kappa shape index (κ2) is 6.36. The number of carbonyl (C=O) groups is 1. The van der Waals surface area contributed by atoms with Crippen molar-refractivity contribution in [3.8, 4) is 0 Å². The zero-order chi connectivity index (χ0) is 17.6. The van der Waals surface area contributed by atoms with Gasteiger partial charge in [-0.25, -0.2) is 4.39 Å². The highest BCUT2D eigenvalue weighted by Gasteiger charge is 2.25. The molecule has 0 spiro atoms. The predicted molar refractivity (Wildman–Crippen MR) is 97.5 cm³/mol. The molecule has 128 valence electrons. The molecule has 1 aromatic heterocycles. The maximum absolute atomic E-state index is 13.9. The van der Waals surface area contributed by atoms with Crippen molar-refractivity contribution in [1.29, 1.82) is 0 Å². The Bertz CT molecular complexity index is 963. The van der Waals surface area contributed by atoms with Crippen LogP contribution in [0.1, 0.15) is 16.8 Å². The number of aromatic amines is 1. The number of H-pyrrole nitrogens is 1. The van der Waals surface area contributed by atoms with Gasteiger partial charge >= 0.3 is 0 Å². The molecule has 1 amide bonds. The van der Waals surface area contributed by atoms with E-state index >= 15 is 0 Å². The summed E-state index contributed by atoms with van der Waals surface area (Å²) in [5, 5.41) is 1.98.